The highest BCUT2D eigenvalue weighted by molar-refractivity contribution is 7.91. The number of rotatable bonds is 4. The van der Waals surface area contributed by atoms with Gasteiger partial charge < -0.3 is 4.90 Å². The molecule has 25 heavy (non-hydrogen) atoms. The van der Waals surface area contributed by atoms with Crippen molar-refractivity contribution in [3.05, 3.63) is 40.8 Å². The Hall–Kier alpha value is -2.22. The summed E-state index contributed by atoms with van der Waals surface area (Å²) in [5.41, 5.74) is 0.927. The smallest absolute Gasteiger partial charge is 0.269 e. The lowest BCUT2D eigenvalue weighted by molar-refractivity contribution is -0.134. The predicted molar refractivity (Wildman–Crippen MR) is 92.9 cm³/mol. The summed E-state index contributed by atoms with van der Waals surface area (Å²) in [5.74, 6) is -0.0314. The van der Waals surface area contributed by atoms with Crippen LogP contribution in [0.5, 0.6) is 0 Å². The van der Waals surface area contributed by atoms with E-state index in [1.807, 2.05) is 6.07 Å². The average molecular weight is 361 g/mol. The maximum Gasteiger partial charge on any atom is 0.269 e. The number of nitrogens with zero attached hydrogens (tertiary/aromatic N) is 3. The van der Waals surface area contributed by atoms with Crippen LogP contribution in [0.15, 0.2) is 35.3 Å². The first-order valence-corrected chi connectivity index (χ1v) is 10.2. The van der Waals surface area contributed by atoms with Gasteiger partial charge in [0.05, 0.1) is 28.7 Å². The highest BCUT2D eigenvalue weighted by atomic mass is 32.2. The van der Waals surface area contributed by atoms with Gasteiger partial charge in [0.25, 0.3) is 5.56 Å². The van der Waals surface area contributed by atoms with E-state index in [4.69, 9.17) is 0 Å². The van der Waals surface area contributed by atoms with E-state index in [1.165, 1.54) is 10.8 Å². The summed E-state index contributed by atoms with van der Waals surface area (Å²) in [6.45, 7) is -0.0884. The largest absolute Gasteiger partial charge is 0.334 e. The summed E-state index contributed by atoms with van der Waals surface area (Å²) in [5, 5.41) is 0. The Balaban J connectivity index is 1.65. The minimum Gasteiger partial charge on any atom is -0.334 e. The third kappa shape index (κ3) is 3.18. The van der Waals surface area contributed by atoms with Crippen molar-refractivity contribution in [3.63, 3.8) is 0 Å². The maximum atomic E-state index is 12.9. The fraction of sp³-hybridized carbons (Fsp3) is 0.471. The van der Waals surface area contributed by atoms with Crippen LogP contribution in [-0.2, 0) is 21.2 Å². The van der Waals surface area contributed by atoms with Crippen molar-refractivity contribution in [1.82, 2.24) is 14.5 Å². The molecule has 132 valence electrons. The third-order valence-corrected chi connectivity index (χ3v) is 6.63. The van der Waals surface area contributed by atoms with E-state index in [-0.39, 0.29) is 41.6 Å². The SMILES string of the molecule is O=C(Cn1c(=O)cnc2ccccc21)N(C1CC1)[C@H]1CCS(=O)(=O)C1. The molecule has 2 aromatic rings. The molecule has 1 aromatic heterocycles. The Kier molecular flexibility index (Phi) is 3.87. The van der Waals surface area contributed by atoms with Gasteiger partial charge in [0.1, 0.15) is 6.54 Å². The van der Waals surface area contributed by atoms with E-state index in [2.05, 4.69) is 4.98 Å². The minimum absolute atomic E-state index is 0.0290. The van der Waals surface area contributed by atoms with Crippen LogP contribution in [0.2, 0.25) is 0 Å². The summed E-state index contributed by atoms with van der Waals surface area (Å²) < 4.78 is 25.0. The summed E-state index contributed by atoms with van der Waals surface area (Å²) >= 11 is 0. The molecule has 4 rings (SSSR count). The first kappa shape index (κ1) is 16.3. The molecule has 1 atom stereocenters. The lowest BCUT2D eigenvalue weighted by Gasteiger charge is -2.28. The van der Waals surface area contributed by atoms with Crippen molar-refractivity contribution in [3.8, 4) is 0 Å². The van der Waals surface area contributed by atoms with E-state index in [9.17, 15) is 18.0 Å². The minimum atomic E-state index is -3.07. The number of fused-ring (bicyclic) bond motifs is 1. The molecule has 2 heterocycles. The van der Waals surface area contributed by atoms with Crippen LogP contribution in [0.25, 0.3) is 11.0 Å². The fourth-order valence-corrected chi connectivity index (χ4v) is 5.26. The molecule has 1 aliphatic heterocycles. The molecule has 1 amide bonds. The molecule has 1 saturated carbocycles. The van der Waals surface area contributed by atoms with Crippen molar-refractivity contribution in [2.45, 2.75) is 37.9 Å². The zero-order valence-electron chi connectivity index (χ0n) is 13.7. The molecule has 0 N–H and O–H groups in total. The zero-order chi connectivity index (χ0) is 17.6. The summed E-state index contributed by atoms with van der Waals surface area (Å²) in [6, 6.07) is 7.01. The van der Waals surface area contributed by atoms with Crippen LogP contribution < -0.4 is 5.56 Å². The molecule has 1 saturated heterocycles. The Morgan fingerprint density at radius 1 is 1.20 bits per heavy atom. The van der Waals surface area contributed by atoms with E-state index in [0.29, 0.717) is 17.5 Å². The third-order valence-electron chi connectivity index (χ3n) is 4.88. The van der Waals surface area contributed by atoms with Gasteiger partial charge in [-0.2, -0.15) is 0 Å². The standard InChI is InChI=1S/C17H19N3O4S/c21-16-9-18-14-3-1-2-4-15(14)19(16)10-17(22)20(12-5-6-12)13-7-8-25(23,24)11-13/h1-4,9,12-13H,5-8,10-11H2/t13-/m0/s1. The summed E-state index contributed by atoms with van der Waals surface area (Å²) in [4.78, 5) is 31.0. The molecular formula is C17H19N3O4S. The number of amides is 1. The van der Waals surface area contributed by atoms with Crippen LogP contribution >= 0.6 is 0 Å². The fourth-order valence-electron chi connectivity index (χ4n) is 3.55. The molecule has 2 fully saturated rings. The Labute approximate surface area is 145 Å². The summed E-state index contributed by atoms with van der Waals surface area (Å²) in [7, 11) is -3.07. The van der Waals surface area contributed by atoms with Gasteiger partial charge in [-0.05, 0) is 31.4 Å². The second-order valence-electron chi connectivity index (χ2n) is 6.76. The second kappa shape index (κ2) is 5.94. The zero-order valence-corrected chi connectivity index (χ0v) is 14.5. The van der Waals surface area contributed by atoms with Gasteiger partial charge in [0.2, 0.25) is 5.91 Å². The molecule has 0 spiro atoms. The molecule has 2 aliphatic rings. The van der Waals surface area contributed by atoms with Crippen molar-refractivity contribution in [2.75, 3.05) is 11.5 Å². The molecule has 8 heteroatoms. The van der Waals surface area contributed by atoms with Gasteiger partial charge in [-0.1, -0.05) is 12.1 Å². The highest BCUT2D eigenvalue weighted by Gasteiger charge is 2.42. The van der Waals surface area contributed by atoms with Crippen molar-refractivity contribution in [1.29, 1.82) is 0 Å². The molecule has 7 nitrogen and oxygen atoms in total. The molecular weight excluding hydrogens is 342 g/mol. The lowest BCUT2D eigenvalue weighted by Crippen LogP contribution is -2.45. The molecule has 0 bridgehead atoms. The van der Waals surface area contributed by atoms with Crippen LogP contribution in [-0.4, -0.2) is 52.4 Å². The first-order chi connectivity index (χ1) is 11.9. The van der Waals surface area contributed by atoms with E-state index in [0.717, 1.165) is 12.8 Å². The lowest BCUT2D eigenvalue weighted by atomic mass is 10.2. The van der Waals surface area contributed by atoms with E-state index in [1.54, 1.807) is 23.1 Å². The quantitative estimate of drug-likeness (QED) is 0.794. The van der Waals surface area contributed by atoms with Gasteiger partial charge in [0.15, 0.2) is 9.84 Å². The van der Waals surface area contributed by atoms with Crippen LogP contribution in [0.1, 0.15) is 19.3 Å². The van der Waals surface area contributed by atoms with Crippen LogP contribution in [0.4, 0.5) is 0 Å². The topological polar surface area (TPSA) is 89.3 Å². The number of para-hydroxylation sites is 2. The highest BCUT2D eigenvalue weighted by Crippen LogP contribution is 2.32. The number of sulfone groups is 1. The summed E-state index contributed by atoms with van der Waals surface area (Å²) in [6.07, 6.45) is 3.50. The number of aromatic nitrogens is 2. The van der Waals surface area contributed by atoms with Crippen molar-refractivity contribution in [2.24, 2.45) is 0 Å². The van der Waals surface area contributed by atoms with Crippen molar-refractivity contribution >= 4 is 26.8 Å². The Morgan fingerprint density at radius 2 is 1.96 bits per heavy atom. The number of carbonyl (C=O) groups is 1. The molecule has 0 unspecified atom stereocenters. The molecule has 0 radical (unpaired) electrons. The maximum absolute atomic E-state index is 12.9. The van der Waals surface area contributed by atoms with Crippen molar-refractivity contribution < 1.29 is 13.2 Å². The molecule has 1 aromatic carbocycles. The van der Waals surface area contributed by atoms with Gasteiger partial charge in [-0.15, -0.1) is 0 Å². The van der Waals surface area contributed by atoms with E-state index >= 15 is 0 Å². The van der Waals surface area contributed by atoms with Crippen LogP contribution in [0, 0.1) is 0 Å². The van der Waals surface area contributed by atoms with Gasteiger partial charge in [0, 0.05) is 12.1 Å². The average Bonchev–Trinajstić information content (AvgIpc) is 3.34. The Bertz CT molecular complexity index is 994. The Morgan fingerprint density at radius 3 is 2.64 bits per heavy atom. The number of hydrogen-bond donors (Lipinski definition) is 0. The van der Waals surface area contributed by atoms with Crippen LogP contribution in [0.3, 0.4) is 0 Å². The van der Waals surface area contributed by atoms with Gasteiger partial charge in [-0.25, -0.2) is 13.4 Å². The number of carbonyl (C=O) groups excluding carboxylic acids is 1. The van der Waals surface area contributed by atoms with Gasteiger partial charge in [-0.3, -0.25) is 14.2 Å². The normalized spacial score (nSPS) is 22.2. The predicted octanol–water partition coefficient (Wildman–Crippen LogP) is 0.575. The van der Waals surface area contributed by atoms with Gasteiger partial charge >= 0.3 is 0 Å². The van der Waals surface area contributed by atoms with E-state index < -0.39 is 9.84 Å². The monoisotopic (exact) mass is 361 g/mol. The molecule has 1 aliphatic carbocycles. The second-order valence-corrected chi connectivity index (χ2v) is 8.99. The number of hydrogen-bond acceptors (Lipinski definition) is 5. The first-order valence-electron chi connectivity index (χ1n) is 8.41. The number of benzene rings is 1.